The molecule has 174 valence electrons. The van der Waals surface area contributed by atoms with Gasteiger partial charge in [-0.15, -0.1) is 0 Å². The lowest BCUT2D eigenvalue weighted by Crippen LogP contribution is -2.50. The second kappa shape index (κ2) is 9.76. The Morgan fingerprint density at radius 2 is 1.88 bits per heavy atom. The third kappa shape index (κ3) is 5.69. The number of nitrogens with zero attached hydrogens (tertiary/aromatic N) is 1. The highest BCUT2D eigenvalue weighted by Gasteiger charge is 2.40. The molecule has 1 heterocycles. The van der Waals surface area contributed by atoms with Crippen molar-refractivity contribution < 1.29 is 23.5 Å². The first-order valence-corrected chi connectivity index (χ1v) is 11.1. The van der Waals surface area contributed by atoms with Crippen LogP contribution in [0, 0.1) is 5.41 Å². The summed E-state index contributed by atoms with van der Waals surface area (Å²) in [5.41, 5.74) is 0.470. The van der Waals surface area contributed by atoms with E-state index in [4.69, 9.17) is 9.47 Å². The van der Waals surface area contributed by atoms with Gasteiger partial charge in [0.1, 0.15) is 17.2 Å². The van der Waals surface area contributed by atoms with E-state index in [2.05, 4.69) is 5.32 Å². The maximum atomic E-state index is 14.1. The molecule has 0 saturated carbocycles. The van der Waals surface area contributed by atoms with Crippen LogP contribution in [0.25, 0.3) is 0 Å². The molecule has 32 heavy (non-hydrogen) atoms. The fourth-order valence-corrected chi connectivity index (χ4v) is 4.31. The second-order valence-electron chi connectivity index (χ2n) is 9.43. The van der Waals surface area contributed by atoms with Crippen LogP contribution in [0.2, 0.25) is 0 Å². The van der Waals surface area contributed by atoms with Crippen LogP contribution < -0.4 is 10.1 Å². The van der Waals surface area contributed by atoms with Gasteiger partial charge in [-0.2, -0.15) is 0 Å². The average Bonchev–Trinajstić information content (AvgIpc) is 2.76. The van der Waals surface area contributed by atoms with Gasteiger partial charge >= 0.3 is 6.09 Å². The highest BCUT2D eigenvalue weighted by Crippen LogP contribution is 2.43. The zero-order chi connectivity index (χ0) is 23.4. The fraction of sp³-hybridized carbons (Fsp3) is 0.520. The van der Waals surface area contributed by atoms with Gasteiger partial charge in [0.15, 0.2) is 0 Å². The number of amides is 2. The topological polar surface area (TPSA) is 67.9 Å². The van der Waals surface area contributed by atoms with E-state index in [9.17, 15) is 14.0 Å². The minimum absolute atomic E-state index is 0.233. The Morgan fingerprint density at radius 3 is 2.50 bits per heavy atom. The van der Waals surface area contributed by atoms with E-state index in [0.29, 0.717) is 50.2 Å². The molecule has 1 fully saturated rings. The number of rotatable bonds is 5. The number of para-hydroxylation sites is 1. The van der Waals surface area contributed by atoms with Gasteiger partial charge in [0.25, 0.3) is 5.91 Å². The van der Waals surface area contributed by atoms with E-state index in [1.54, 1.807) is 35.3 Å². The third-order valence-corrected chi connectivity index (χ3v) is 6.06. The molecule has 1 aliphatic heterocycles. The molecule has 1 saturated heterocycles. The second-order valence-corrected chi connectivity index (χ2v) is 9.43. The molecule has 0 atom stereocenters. The Morgan fingerprint density at radius 1 is 1.19 bits per heavy atom. The van der Waals surface area contributed by atoms with Crippen molar-refractivity contribution in [1.29, 1.82) is 0 Å². The first-order chi connectivity index (χ1) is 15.1. The van der Waals surface area contributed by atoms with Gasteiger partial charge in [-0.3, -0.25) is 4.79 Å². The minimum Gasteiger partial charge on any atom is -0.496 e. The van der Waals surface area contributed by atoms with Crippen molar-refractivity contribution in [2.45, 2.75) is 52.1 Å². The monoisotopic (exact) mass is 444 g/mol. The van der Waals surface area contributed by atoms with Gasteiger partial charge in [0.2, 0.25) is 0 Å². The molecule has 0 spiro atoms. The van der Waals surface area contributed by atoms with Crippen LogP contribution in [0.1, 0.15) is 56.8 Å². The maximum Gasteiger partial charge on any atom is 0.410 e. The largest absolute Gasteiger partial charge is 0.496 e. The van der Waals surface area contributed by atoms with E-state index in [1.165, 1.54) is 7.11 Å². The lowest BCUT2D eigenvalue weighted by molar-refractivity contribution is 0.0130. The fourth-order valence-electron chi connectivity index (χ4n) is 4.31. The van der Waals surface area contributed by atoms with Crippen LogP contribution in [-0.4, -0.2) is 49.2 Å². The molecule has 1 aromatic carbocycles. The Kier molecular flexibility index (Phi) is 7.26. The number of ether oxygens (including phenoxy) is 2. The molecule has 6 nitrogen and oxygen atoms in total. The Balaban J connectivity index is 1.76. The van der Waals surface area contributed by atoms with E-state index in [-0.39, 0.29) is 17.8 Å². The summed E-state index contributed by atoms with van der Waals surface area (Å²) in [5.74, 6) is 0.0322. The van der Waals surface area contributed by atoms with Crippen molar-refractivity contribution in [2.24, 2.45) is 5.41 Å². The van der Waals surface area contributed by atoms with E-state index >= 15 is 0 Å². The number of likely N-dealkylation sites (tertiary alicyclic amines) is 1. The van der Waals surface area contributed by atoms with Crippen molar-refractivity contribution in [2.75, 3.05) is 26.7 Å². The summed E-state index contributed by atoms with van der Waals surface area (Å²) in [7, 11) is 1.53. The predicted molar refractivity (Wildman–Crippen MR) is 121 cm³/mol. The standard InChI is InChI=1S/C25H33FN2O4/c1-24(2,3)32-23(30)28-14-12-25(13-15-28,18-8-7-9-19(26)16-18)17-27-22(29)20-10-5-6-11-21(20)31-4/h5-6,9-11,16H,7-8,12-15,17H2,1-4H3,(H,27,29). The number of benzene rings is 1. The molecule has 0 aromatic heterocycles. The number of carbonyl (C=O) groups excluding carboxylic acids is 2. The Labute approximate surface area is 189 Å². The van der Waals surface area contributed by atoms with Crippen LogP contribution in [-0.2, 0) is 4.74 Å². The smallest absolute Gasteiger partial charge is 0.410 e. The molecule has 3 rings (SSSR count). The van der Waals surface area contributed by atoms with Crippen molar-refractivity contribution in [3.8, 4) is 5.75 Å². The lowest BCUT2D eigenvalue weighted by atomic mass is 9.69. The van der Waals surface area contributed by atoms with Gasteiger partial charge in [-0.05, 0) is 70.7 Å². The molecule has 1 aromatic rings. The number of methoxy groups -OCH3 is 1. The molecular formula is C25H33FN2O4. The quantitative estimate of drug-likeness (QED) is 0.693. The molecule has 0 radical (unpaired) electrons. The summed E-state index contributed by atoms with van der Waals surface area (Å²) >= 11 is 0. The Bertz CT molecular complexity index is 909. The number of hydrogen-bond acceptors (Lipinski definition) is 4. The van der Waals surface area contributed by atoms with Crippen LogP contribution in [0.5, 0.6) is 5.75 Å². The lowest BCUT2D eigenvalue weighted by Gasteiger charge is -2.44. The van der Waals surface area contributed by atoms with Gasteiger partial charge < -0.3 is 19.7 Å². The number of hydrogen-bond donors (Lipinski definition) is 1. The summed E-state index contributed by atoms with van der Waals surface area (Å²) in [6.45, 7) is 6.87. The predicted octanol–water partition coefficient (Wildman–Crippen LogP) is 5.02. The highest BCUT2D eigenvalue weighted by atomic mass is 19.1. The summed E-state index contributed by atoms with van der Waals surface area (Å²) in [4.78, 5) is 27.1. The molecule has 2 aliphatic rings. The first-order valence-electron chi connectivity index (χ1n) is 11.1. The minimum atomic E-state index is -0.561. The van der Waals surface area contributed by atoms with Crippen LogP contribution in [0.4, 0.5) is 9.18 Å². The van der Waals surface area contributed by atoms with E-state index in [0.717, 1.165) is 12.0 Å². The molecule has 1 aliphatic carbocycles. The number of allylic oxidation sites excluding steroid dienone is 3. The summed E-state index contributed by atoms with van der Waals surface area (Å²) < 4.78 is 24.9. The van der Waals surface area contributed by atoms with Crippen molar-refractivity contribution in [3.63, 3.8) is 0 Å². The van der Waals surface area contributed by atoms with Gasteiger partial charge in [0.05, 0.1) is 12.7 Å². The molecule has 0 bridgehead atoms. The first kappa shape index (κ1) is 23.8. The van der Waals surface area contributed by atoms with E-state index < -0.39 is 11.0 Å². The Hall–Kier alpha value is -2.83. The number of nitrogens with one attached hydrogen (secondary N) is 1. The molecular weight excluding hydrogens is 411 g/mol. The van der Waals surface area contributed by atoms with Gasteiger partial charge in [-0.25, -0.2) is 9.18 Å². The average molecular weight is 445 g/mol. The molecule has 1 N–H and O–H groups in total. The van der Waals surface area contributed by atoms with Crippen molar-refractivity contribution in [1.82, 2.24) is 10.2 Å². The zero-order valence-electron chi connectivity index (χ0n) is 19.4. The molecule has 7 heteroatoms. The zero-order valence-corrected chi connectivity index (χ0v) is 19.4. The van der Waals surface area contributed by atoms with Crippen molar-refractivity contribution >= 4 is 12.0 Å². The third-order valence-electron chi connectivity index (χ3n) is 6.06. The summed E-state index contributed by atoms with van der Waals surface area (Å²) in [6, 6.07) is 7.06. The number of halogens is 1. The van der Waals surface area contributed by atoms with Crippen molar-refractivity contribution in [3.05, 3.63) is 53.4 Å². The highest BCUT2D eigenvalue weighted by molar-refractivity contribution is 5.96. The number of piperidine rings is 1. The van der Waals surface area contributed by atoms with Crippen LogP contribution in [0.3, 0.4) is 0 Å². The molecule has 0 unspecified atom stereocenters. The van der Waals surface area contributed by atoms with Gasteiger partial charge in [0, 0.05) is 25.0 Å². The van der Waals surface area contributed by atoms with E-state index in [1.807, 2.05) is 26.8 Å². The number of carbonyl (C=O) groups is 2. The van der Waals surface area contributed by atoms with Crippen LogP contribution >= 0.6 is 0 Å². The normalized spacial score (nSPS) is 18.3. The van der Waals surface area contributed by atoms with Crippen LogP contribution in [0.15, 0.2) is 47.8 Å². The SMILES string of the molecule is COc1ccccc1C(=O)NCC1(C2=CC(F)=CCC2)CCN(C(=O)OC(C)(C)C)CC1. The van der Waals surface area contributed by atoms with Gasteiger partial charge in [-0.1, -0.05) is 17.7 Å². The molecule has 2 amide bonds. The maximum absolute atomic E-state index is 14.1. The summed E-state index contributed by atoms with van der Waals surface area (Å²) in [5, 5.41) is 3.04. The summed E-state index contributed by atoms with van der Waals surface area (Å²) in [6.07, 6.45) is 5.46.